The van der Waals surface area contributed by atoms with E-state index in [1.54, 1.807) is 24.3 Å². The van der Waals surface area contributed by atoms with Crippen molar-refractivity contribution in [2.75, 3.05) is 6.61 Å². The highest BCUT2D eigenvalue weighted by atomic mass is 35.5. The van der Waals surface area contributed by atoms with Gasteiger partial charge in [-0.15, -0.1) is 0 Å². The van der Waals surface area contributed by atoms with Gasteiger partial charge in [-0.3, -0.25) is 9.69 Å². The van der Waals surface area contributed by atoms with Crippen LogP contribution < -0.4 is 28.2 Å². The average molecular weight is 669 g/mol. The number of hydrogen-bond acceptors (Lipinski definition) is 9. The third kappa shape index (κ3) is 6.25. The lowest BCUT2D eigenvalue weighted by Crippen LogP contribution is -2.49. The van der Waals surface area contributed by atoms with Crippen molar-refractivity contribution in [1.29, 1.82) is 0 Å². The maximum atomic E-state index is 13.8. The number of alkyl halides is 5. The summed E-state index contributed by atoms with van der Waals surface area (Å²) in [6, 6.07) is 8.24. The first-order chi connectivity index (χ1) is 21.8. The number of halogens is 6. The SMILES string of the molecule is N/N=C(\NN)c1cc([C@@H](COC(=O)NC2(C(F)(F)F)CC2)N2C(=O)[C@@H](c3ccc(-c4cnn(C(F)F)c4)cc3)N=C2N)ccc1Cl. The van der Waals surface area contributed by atoms with Gasteiger partial charge in [0.2, 0.25) is 0 Å². The average Bonchev–Trinajstić information content (AvgIpc) is 3.53. The second-order valence-corrected chi connectivity index (χ2v) is 10.8. The fourth-order valence-electron chi connectivity index (χ4n) is 4.90. The molecule has 0 saturated heterocycles. The molecule has 19 heteroatoms. The van der Waals surface area contributed by atoms with E-state index in [1.807, 2.05) is 5.32 Å². The first-order valence-corrected chi connectivity index (χ1v) is 13.8. The second kappa shape index (κ2) is 12.4. The maximum Gasteiger partial charge on any atom is 0.411 e. The fraction of sp³-hybridized carbons (Fsp3) is 0.296. The van der Waals surface area contributed by atoms with Gasteiger partial charge in [0, 0.05) is 17.3 Å². The monoisotopic (exact) mass is 668 g/mol. The quantitative estimate of drug-likeness (QED) is 0.0753. The van der Waals surface area contributed by atoms with Crippen LogP contribution in [-0.2, 0) is 9.53 Å². The smallest absolute Gasteiger partial charge is 0.411 e. The number of amides is 2. The van der Waals surface area contributed by atoms with E-state index < -0.39 is 49.0 Å². The number of guanidine groups is 1. The molecule has 244 valence electrons. The van der Waals surface area contributed by atoms with Crippen LogP contribution in [0.25, 0.3) is 11.1 Å². The Bertz CT molecular complexity index is 1690. The van der Waals surface area contributed by atoms with Crippen LogP contribution in [0.4, 0.5) is 26.7 Å². The minimum Gasteiger partial charge on any atom is -0.447 e. The number of nitrogens with zero attached hydrogens (tertiary/aromatic N) is 5. The number of benzene rings is 2. The molecule has 0 unspecified atom stereocenters. The van der Waals surface area contributed by atoms with Crippen LogP contribution in [0.3, 0.4) is 0 Å². The molecule has 1 aliphatic carbocycles. The van der Waals surface area contributed by atoms with E-state index in [2.05, 4.69) is 20.6 Å². The van der Waals surface area contributed by atoms with Gasteiger partial charge in [0.15, 0.2) is 17.8 Å². The Kier molecular flexibility index (Phi) is 8.76. The third-order valence-electron chi connectivity index (χ3n) is 7.55. The van der Waals surface area contributed by atoms with Crippen molar-refractivity contribution >= 4 is 35.4 Å². The molecule has 1 saturated carbocycles. The summed E-state index contributed by atoms with van der Waals surface area (Å²) < 4.78 is 71.8. The van der Waals surface area contributed by atoms with E-state index >= 15 is 0 Å². The first kappa shape index (κ1) is 32.4. The molecule has 46 heavy (non-hydrogen) atoms. The van der Waals surface area contributed by atoms with Crippen LogP contribution in [0.15, 0.2) is 65.0 Å². The van der Waals surface area contributed by atoms with E-state index in [0.717, 1.165) is 4.90 Å². The Morgan fingerprint density at radius 3 is 2.43 bits per heavy atom. The minimum absolute atomic E-state index is 0.0449. The van der Waals surface area contributed by atoms with E-state index in [9.17, 15) is 31.5 Å². The standard InChI is InChI=1S/C27H26ClF5N10O3/c28-18-6-5-15(9-17(18)21(40-35)41-36)19(12-46-25(45)39-26(7-8-26)27(31,32)33)43-22(44)20(38-24(43)34)14-3-1-13(2-4-14)16-10-37-42(11-16)23(29)30/h1-6,9-11,19-20,23H,7-8,12,35-36H2,(H2,34,38)(H,39,45)(H,40,41)/t19-,20-/m1/s1. The summed E-state index contributed by atoms with van der Waals surface area (Å²) in [7, 11) is 0. The predicted molar refractivity (Wildman–Crippen MR) is 155 cm³/mol. The Morgan fingerprint density at radius 1 is 1.17 bits per heavy atom. The number of hydrazone groups is 1. The molecule has 2 aromatic carbocycles. The van der Waals surface area contributed by atoms with Crippen LogP contribution in [0, 0.1) is 0 Å². The summed E-state index contributed by atoms with van der Waals surface area (Å²) in [6.45, 7) is -3.46. The molecule has 2 amide bonds. The summed E-state index contributed by atoms with van der Waals surface area (Å²) in [5.74, 6) is 9.91. The highest BCUT2D eigenvalue weighted by Crippen LogP contribution is 2.49. The van der Waals surface area contributed by atoms with Crippen LogP contribution in [0.1, 0.15) is 48.2 Å². The Morgan fingerprint density at radius 2 is 1.87 bits per heavy atom. The number of hydrazine groups is 1. The molecule has 2 heterocycles. The van der Waals surface area contributed by atoms with Gasteiger partial charge in [-0.2, -0.15) is 32.2 Å². The molecular formula is C27H26ClF5N10O3. The van der Waals surface area contributed by atoms with Crippen molar-refractivity contribution in [1.82, 2.24) is 25.4 Å². The summed E-state index contributed by atoms with van der Waals surface area (Å²) >= 11 is 6.29. The predicted octanol–water partition coefficient (Wildman–Crippen LogP) is 3.44. The molecule has 1 fully saturated rings. The number of alkyl carbamates (subject to hydrolysis) is 1. The zero-order valence-electron chi connectivity index (χ0n) is 23.5. The van der Waals surface area contributed by atoms with Gasteiger partial charge in [0.05, 0.1) is 17.3 Å². The number of hydrogen-bond donors (Lipinski definition) is 5. The first-order valence-electron chi connectivity index (χ1n) is 13.4. The largest absolute Gasteiger partial charge is 0.447 e. The summed E-state index contributed by atoms with van der Waals surface area (Å²) in [6.07, 6.45) is -4.21. The number of ether oxygens (including phenoxy) is 1. The van der Waals surface area contributed by atoms with Crippen LogP contribution in [0.5, 0.6) is 0 Å². The summed E-state index contributed by atoms with van der Waals surface area (Å²) in [5, 5.41) is 9.14. The molecule has 2 atom stereocenters. The molecule has 3 aromatic rings. The number of rotatable bonds is 9. The Balaban J connectivity index is 1.42. The number of carbonyl (C=O) groups excluding carboxylic acids is 2. The fourth-order valence-corrected chi connectivity index (χ4v) is 5.11. The van der Waals surface area contributed by atoms with Crippen LogP contribution in [0.2, 0.25) is 5.02 Å². The topological polar surface area (TPSA) is 191 Å². The molecule has 13 nitrogen and oxygen atoms in total. The van der Waals surface area contributed by atoms with Gasteiger partial charge in [-0.25, -0.2) is 20.3 Å². The van der Waals surface area contributed by atoms with Gasteiger partial charge in [-0.05, 0) is 41.7 Å². The van der Waals surface area contributed by atoms with Gasteiger partial charge in [0.25, 0.3) is 5.91 Å². The molecule has 8 N–H and O–H groups in total. The zero-order valence-corrected chi connectivity index (χ0v) is 24.3. The molecule has 2 aliphatic rings. The third-order valence-corrected chi connectivity index (χ3v) is 7.88. The number of aliphatic imine (C=N–C) groups is 1. The highest BCUT2D eigenvalue weighted by molar-refractivity contribution is 6.34. The number of nitrogens with one attached hydrogen (secondary N) is 2. The van der Waals surface area contributed by atoms with E-state index in [-0.39, 0.29) is 40.8 Å². The van der Waals surface area contributed by atoms with E-state index in [1.165, 1.54) is 30.6 Å². The van der Waals surface area contributed by atoms with Crippen molar-refractivity contribution in [3.8, 4) is 11.1 Å². The molecule has 0 radical (unpaired) electrons. The lowest BCUT2D eigenvalue weighted by atomic mass is 10.00. The van der Waals surface area contributed by atoms with E-state index in [0.29, 0.717) is 21.4 Å². The van der Waals surface area contributed by atoms with Crippen molar-refractivity contribution in [2.45, 2.75) is 43.2 Å². The zero-order chi connectivity index (χ0) is 33.4. The maximum absolute atomic E-state index is 13.8. The second-order valence-electron chi connectivity index (χ2n) is 10.4. The van der Waals surface area contributed by atoms with Crippen molar-refractivity contribution in [2.24, 2.45) is 27.5 Å². The highest BCUT2D eigenvalue weighted by Gasteiger charge is 2.64. The number of nitrogens with two attached hydrogens (primary N) is 3. The molecule has 0 bridgehead atoms. The normalized spacial score (nSPS) is 18.4. The number of amidine groups is 1. The molecule has 1 aliphatic heterocycles. The molecular weight excluding hydrogens is 643 g/mol. The van der Waals surface area contributed by atoms with Gasteiger partial charge in [-0.1, -0.05) is 41.9 Å². The van der Waals surface area contributed by atoms with Crippen molar-refractivity contribution < 1.29 is 36.3 Å². The van der Waals surface area contributed by atoms with Crippen molar-refractivity contribution in [3.05, 3.63) is 76.6 Å². The van der Waals surface area contributed by atoms with Gasteiger partial charge >= 0.3 is 18.8 Å². The molecule has 0 spiro atoms. The molecule has 1 aromatic heterocycles. The lowest BCUT2D eigenvalue weighted by Gasteiger charge is -2.29. The van der Waals surface area contributed by atoms with Gasteiger partial charge < -0.3 is 27.1 Å². The Hall–Kier alpha value is -4.97. The minimum atomic E-state index is -4.68. The van der Waals surface area contributed by atoms with Crippen molar-refractivity contribution in [3.63, 3.8) is 0 Å². The van der Waals surface area contributed by atoms with Gasteiger partial charge in [0.1, 0.15) is 12.1 Å². The summed E-state index contributed by atoms with van der Waals surface area (Å²) in [4.78, 5) is 31.7. The van der Waals surface area contributed by atoms with Crippen LogP contribution in [-0.4, -0.2) is 56.8 Å². The number of aromatic nitrogens is 2. The van der Waals surface area contributed by atoms with Crippen LogP contribution >= 0.6 is 11.6 Å². The Labute approximate surface area is 262 Å². The molecule has 5 rings (SSSR count). The summed E-state index contributed by atoms with van der Waals surface area (Å²) in [5.41, 5.74) is 7.90. The lowest BCUT2D eigenvalue weighted by molar-refractivity contribution is -0.164. The van der Waals surface area contributed by atoms with E-state index in [4.69, 9.17) is 33.8 Å². The number of carbonyl (C=O) groups is 2.